The summed E-state index contributed by atoms with van der Waals surface area (Å²) in [6.45, 7) is 4.71. The van der Waals surface area contributed by atoms with Gasteiger partial charge < -0.3 is 15.5 Å². The van der Waals surface area contributed by atoms with Gasteiger partial charge in [0, 0.05) is 43.6 Å². The average Bonchev–Trinajstić information content (AvgIpc) is 3.39. The quantitative estimate of drug-likeness (QED) is 0.488. The number of hydrogen-bond acceptors (Lipinski definition) is 5. The molecule has 0 saturated carbocycles. The highest BCUT2D eigenvalue weighted by molar-refractivity contribution is 7.10. The first kappa shape index (κ1) is 24.8. The number of halogens is 2. The number of amides is 2. The van der Waals surface area contributed by atoms with Crippen LogP contribution in [-0.2, 0) is 16.1 Å². The molecule has 0 unspecified atom stereocenters. The van der Waals surface area contributed by atoms with Crippen LogP contribution in [0.5, 0.6) is 0 Å². The lowest BCUT2D eigenvalue weighted by molar-refractivity contribution is -0.140. The van der Waals surface area contributed by atoms with Crippen molar-refractivity contribution in [3.05, 3.63) is 88.1 Å². The molecule has 0 radical (unpaired) electrons. The molecule has 1 aromatic heterocycles. The third kappa shape index (κ3) is 6.23. The molecule has 1 saturated heterocycles. The summed E-state index contributed by atoms with van der Waals surface area (Å²) >= 11 is 1.60. The van der Waals surface area contributed by atoms with E-state index in [1.165, 1.54) is 18.2 Å². The molecule has 0 spiro atoms. The molecule has 4 rings (SSSR count). The van der Waals surface area contributed by atoms with Gasteiger partial charge in [-0.3, -0.25) is 14.5 Å². The fourth-order valence-electron chi connectivity index (χ4n) is 4.37. The summed E-state index contributed by atoms with van der Waals surface area (Å²) < 4.78 is 27.3. The first-order chi connectivity index (χ1) is 16.9. The van der Waals surface area contributed by atoms with Gasteiger partial charge in [-0.1, -0.05) is 30.3 Å². The summed E-state index contributed by atoms with van der Waals surface area (Å²) in [6.07, 6.45) is 0. The van der Waals surface area contributed by atoms with Crippen LogP contribution in [0.15, 0.2) is 66.0 Å². The van der Waals surface area contributed by atoms with Gasteiger partial charge >= 0.3 is 11.8 Å². The second-order valence-corrected chi connectivity index (χ2v) is 9.49. The second kappa shape index (κ2) is 11.4. The number of benzene rings is 2. The Bertz CT molecular complexity index is 1130. The molecule has 1 fully saturated rings. The average molecular weight is 499 g/mol. The molecule has 35 heavy (non-hydrogen) atoms. The zero-order valence-electron chi connectivity index (χ0n) is 19.4. The van der Waals surface area contributed by atoms with Gasteiger partial charge in [0.15, 0.2) is 0 Å². The first-order valence-electron chi connectivity index (χ1n) is 11.5. The zero-order chi connectivity index (χ0) is 24.8. The minimum Gasteiger partial charge on any atom is -0.367 e. The van der Waals surface area contributed by atoms with Gasteiger partial charge in [-0.15, -0.1) is 11.3 Å². The van der Waals surface area contributed by atoms with Gasteiger partial charge in [0.2, 0.25) is 0 Å². The van der Waals surface area contributed by atoms with Gasteiger partial charge in [-0.05, 0) is 48.2 Å². The monoisotopic (exact) mass is 498 g/mol. The van der Waals surface area contributed by atoms with E-state index in [2.05, 4.69) is 15.5 Å². The highest BCUT2D eigenvalue weighted by Gasteiger charge is 2.32. The van der Waals surface area contributed by atoms with Crippen LogP contribution in [0.2, 0.25) is 0 Å². The lowest BCUT2D eigenvalue weighted by atomic mass is 10.0. The fraction of sp³-hybridized carbons (Fsp3) is 0.308. The molecule has 9 heteroatoms. The number of nitrogens with one attached hydrogen (secondary N) is 2. The van der Waals surface area contributed by atoms with Crippen LogP contribution in [0, 0.1) is 11.6 Å². The second-order valence-electron chi connectivity index (χ2n) is 8.51. The predicted octanol–water partition coefficient (Wildman–Crippen LogP) is 3.71. The maximum Gasteiger partial charge on any atom is 0.309 e. The Labute approximate surface area is 207 Å². The lowest BCUT2D eigenvalue weighted by Crippen LogP contribution is -2.53. The molecule has 2 N–H and O–H groups in total. The summed E-state index contributed by atoms with van der Waals surface area (Å²) in [6, 6.07) is 16.0. The lowest BCUT2D eigenvalue weighted by Gasteiger charge is -2.42. The van der Waals surface area contributed by atoms with E-state index < -0.39 is 11.8 Å². The Hall–Kier alpha value is -3.30. The van der Waals surface area contributed by atoms with Crippen LogP contribution in [0.25, 0.3) is 0 Å². The van der Waals surface area contributed by atoms with Gasteiger partial charge in [-0.25, -0.2) is 8.78 Å². The Balaban J connectivity index is 1.37. The minimum absolute atomic E-state index is 0.119. The van der Waals surface area contributed by atoms with Crippen LogP contribution >= 0.6 is 11.3 Å². The number of piperazine rings is 1. The number of thiophene rings is 1. The van der Waals surface area contributed by atoms with E-state index in [1.54, 1.807) is 35.6 Å². The topological polar surface area (TPSA) is 64.7 Å². The molecular weight excluding hydrogens is 470 g/mol. The molecule has 2 amide bonds. The van der Waals surface area contributed by atoms with Crippen molar-refractivity contribution in [1.29, 1.82) is 0 Å². The number of hydrogen-bond donors (Lipinski definition) is 2. The van der Waals surface area contributed by atoms with Crippen molar-refractivity contribution in [1.82, 2.24) is 15.5 Å². The van der Waals surface area contributed by atoms with Crippen molar-refractivity contribution >= 4 is 28.8 Å². The Kier molecular flexibility index (Phi) is 8.09. The van der Waals surface area contributed by atoms with Crippen molar-refractivity contribution in [2.75, 3.05) is 31.1 Å². The maximum absolute atomic E-state index is 14.2. The van der Waals surface area contributed by atoms with E-state index in [1.807, 2.05) is 35.4 Å². The first-order valence-corrected chi connectivity index (χ1v) is 12.4. The fourth-order valence-corrected chi connectivity index (χ4v) is 5.33. The van der Waals surface area contributed by atoms with Crippen LogP contribution in [-0.4, -0.2) is 48.9 Å². The number of anilines is 1. The van der Waals surface area contributed by atoms with E-state index >= 15 is 0 Å². The molecule has 0 aliphatic carbocycles. The normalized spacial score (nSPS) is 15.9. The Morgan fingerprint density at radius 1 is 0.943 bits per heavy atom. The maximum atomic E-state index is 14.2. The summed E-state index contributed by atoms with van der Waals surface area (Å²) in [7, 11) is 0. The summed E-state index contributed by atoms with van der Waals surface area (Å²) in [4.78, 5) is 30.4. The Morgan fingerprint density at radius 2 is 1.66 bits per heavy atom. The highest BCUT2D eigenvalue weighted by atomic mass is 32.1. The molecule has 6 nitrogen and oxygen atoms in total. The van der Waals surface area contributed by atoms with E-state index in [9.17, 15) is 18.4 Å². The van der Waals surface area contributed by atoms with Crippen molar-refractivity contribution in [2.24, 2.45) is 0 Å². The van der Waals surface area contributed by atoms with Crippen molar-refractivity contribution in [2.45, 2.75) is 25.6 Å². The van der Waals surface area contributed by atoms with E-state index in [0.717, 1.165) is 4.88 Å². The largest absolute Gasteiger partial charge is 0.367 e. The summed E-state index contributed by atoms with van der Waals surface area (Å²) in [5.41, 5.74) is 1.30. The number of carbonyl (C=O) groups excluding carboxylic acids is 2. The van der Waals surface area contributed by atoms with Gasteiger partial charge in [0.05, 0.1) is 11.7 Å². The van der Waals surface area contributed by atoms with Crippen molar-refractivity contribution in [3.8, 4) is 0 Å². The number of rotatable bonds is 7. The molecule has 1 aliphatic rings. The van der Waals surface area contributed by atoms with E-state index in [4.69, 9.17) is 0 Å². The zero-order valence-corrected chi connectivity index (χ0v) is 20.2. The van der Waals surface area contributed by atoms with Crippen LogP contribution in [0.1, 0.15) is 23.4 Å². The van der Waals surface area contributed by atoms with E-state index in [-0.39, 0.29) is 30.3 Å². The Morgan fingerprint density at radius 3 is 2.31 bits per heavy atom. The third-order valence-corrected chi connectivity index (χ3v) is 7.08. The SMILES string of the molecule is C[C@@H](NC(=O)C(=O)NCc1ccc(F)cc1)[C@@H](c1cccs1)N1CCN(c2ccccc2F)CC1. The predicted molar refractivity (Wildman–Crippen MR) is 133 cm³/mol. The summed E-state index contributed by atoms with van der Waals surface area (Å²) in [5, 5.41) is 7.41. The van der Waals surface area contributed by atoms with E-state index in [0.29, 0.717) is 37.4 Å². The number of para-hydroxylation sites is 1. The molecule has 3 aromatic rings. The smallest absolute Gasteiger partial charge is 0.309 e. The number of carbonyl (C=O) groups is 2. The third-order valence-electron chi connectivity index (χ3n) is 6.14. The molecule has 2 atom stereocenters. The van der Waals surface area contributed by atoms with Gasteiger partial charge in [-0.2, -0.15) is 0 Å². The summed E-state index contributed by atoms with van der Waals surface area (Å²) in [5.74, 6) is -2.05. The van der Waals surface area contributed by atoms with Crippen LogP contribution in [0.3, 0.4) is 0 Å². The minimum atomic E-state index is -0.740. The molecular formula is C26H28F2N4O2S. The number of nitrogens with zero attached hydrogens (tertiary/aromatic N) is 2. The van der Waals surface area contributed by atoms with Gasteiger partial charge in [0.25, 0.3) is 0 Å². The standard InChI is InChI=1S/C26H28F2N4O2S/c1-18(30-26(34)25(33)29-17-19-8-10-20(27)11-9-19)24(23-7-4-16-35-23)32-14-12-31(13-15-32)22-6-3-2-5-21(22)28/h2-11,16,18,24H,12-15,17H2,1H3,(H,29,33)(H,30,34)/t18-,24+/m1/s1. The van der Waals surface area contributed by atoms with Crippen molar-refractivity contribution < 1.29 is 18.4 Å². The molecule has 2 heterocycles. The molecule has 0 bridgehead atoms. The highest BCUT2D eigenvalue weighted by Crippen LogP contribution is 2.30. The van der Waals surface area contributed by atoms with Gasteiger partial charge in [0.1, 0.15) is 11.6 Å². The molecule has 2 aromatic carbocycles. The molecule has 1 aliphatic heterocycles. The van der Waals surface area contributed by atoms with Crippen LogP contribution in [0.4, 0.5) is 14.5 Å². The molecule has 184 valence electrons. The van der Waals surface area contributed by atoms with Crippen molar-refractivity contribution in [3.63, 3.8) is 0 Å². The van der Waals surface area contributed by atoms with Crippen LogP contribution < -0.4 is 15.5 Å².